The minimum Gasteiger partial charge on any atom is -0.495 e. The fraction of sp³-hybridized carbons (Fsp3) is 0.333. The Kier molecular flexibility index (Phi) is 3.46. The van der Waals surface area contributed by atoms with Crippen LogP contribution in [0, 0.1) is 0 Å². The van der Waals surface area contributed by atoms with Gasteiger partial charge in [0.25, 0.3) is 0 Å². The molecule has 0 spiro atoms. The molecule has 0 amide bonds. The summed E-state index contributed by atoms with van der Waals surface area (Å²) in [6.45, 7) is 5.80. The van der Waals surface area contributed by atoms with Gasteiger partial charge in [0, 0.05) is 11.5 Å². The fourth-order valence-electron chi connectivity index (χ4n) is 1.13. The molecule has 1 heterocycles. The van der Waals surface area contributed by atoms with Crippen molar-refractivity contribution in [2.24, 2.45) is 7.05 Å². The second-order valence-corrected chi connectivity index (χ2v) is 4.00. The molecule has 14 heavy (non-hydrogen) atoms. The van der Waals surface area contributed by atoms with E-state index in [-0.39, 0.29) is 0 Å². The largest absolute Gasteiger partial charge is 0.495 e. The summed E-state index contributed by atoms with van der Waals surface area (Å²) in [6, 6.07) is 0. The SMILES string of the molecule is C=C(/C(OC)=C(\C)Br)c1nncn1C. The van der Waals surface area contributed by atoms with Crippen LogP contribution in [0.5, 0.6) is 0 Å². The van der Waals surface area contributed by atoms with Crippen LogP contribution in [0.4, 0.5) is 0 Å². The first kappa shape index (κ1) is 11.0. The van der Waals surface area contributed by atoms with E-state index in [2.05, 4.69) is 32.7 Å². The maximum absolute atomic E-state index is 5.20. The van der Waals surface area contributed by atoms with Crippen molar-refractivity contribution in [2.45, 2.75) is 6.92 Å². The molecule has 4 nitrogen and oxygen atoms in total. The number of allylic oxidation sites excluding steroid dienone is 2. The lowest BCUT2D eigenvalue weighted by Crippen LogP contribution is -2.00. The van der Waals surface area contributed by atoms with Crippen LogP contribution in [0.2, 0.25) is 0 Å². The molecule has 0 fully saturated rings. The third kappa shape index (κ3) is 2.04. The van der Waals surface area contributed by atoms with Crippen LogP contribution in [0.15, 0.2) is 23.1 Å². The van der Waals surface area contributed by atoms with Gasteiger partial charge in [-0.2, -0.15) is 0 Å². The predicted molar refractivity (Wildman–Crippen MR) is 58.7 cm³/mol. The van der Waals surface area contributed by atoms with E-state index in [0.717, 1.165) is 4.48 Å². The molecule has 1 aromatic rings. The van der Waals surface area contributed by atoms with Crippen molar-refractivity contribution < 1.29 is 4.74 Å². The fourth-order valence-corrected chi connectivity index (χ4v) is 1.53. The zero-order valence-electron chi connectivity index (χ0n) is 8.41. The maximum Gasteiger partial charge on any atom is 0.166 e. The van der Waals surface area contributed by atoms with Crippen LogP contribution in [0.1, 0.15) is 12.7 Å². The molecule has 5 heteroatoms. The second-order valence-electron chi connectivity index (χ2n) is 2.81. The van der Waals surface area contributed by atoms with E-state index >= 15 is 0 Å². The Morgan fingerprint density at radius 1 is 1.64 bits per heavy atom. The molecule has 0 aliphatic heterocycles. The maximum atomic E-state index is 5.20. The van der Waals surface area contributed by atoms with E-state index in [1.165, 1.54) is 0 Å². The van der Waals surface area contributed by atoms with Crippen molar-refractivity contribution in [3.8, 4) is 0 Å². The Bertz CT molecular complexity index is 377. The molecular weight excluding hydrogens is 246 g/mol. The minimum absolute atomic E-state index is 0.682. The molecule has 0 aliphatic rings. The van der Waals surface area contributed by atoms with E-state index < -0.39 is 0 Å². The number of aryl methyl sites for hydroxylation is 1. The number of hydrogen-bond donors (Lipinski definition) is 0. The predicted octanol–water partition coefficient (Wildman–Crippen LogP) is 2.10. The Balaban J connectivity index is 3.08. The lowest BCUT2D eigenvalue weighted by Gasteiger charge is -2.09. The van der Waals surface area contributed by atoms with Crippen LogP contribution in [-0.2, 0) is 11.8 Å². The summed E-state index contributed by atoms with van der Waals surface area (Å²) < 4.78 is 7.88. The van der Waals surface area contributed by atoms with Gasteiger partial charge in [-0.3, -0.25) is 0 Å². The van der Waals surface area contributed by atoms with E-state index in [4.69, 9.17) is 4.74 Å². The third-order valence-electron chi connectivity index (χ3n) is 1.77. The lowest BCUT2D eigenvalue weighted by atomic mass is 10.2. The van der Waals surface area contributed by atoms with Crippen molar-refractivity contribution >= 4 is 21.5 Å². The molecule has 0 unspecified atom stereocenters. The van der Waals surface area contributed by atoms with Gasteiger partial charge in [-0.25, -0.2) is 0 Å². The van der Waals surface area contributed by atoms with Crippen molar-refractivity contribution in [3.05, 3.63) is 29.0 Å². The van der Waals surface area contributed by atoms with Gasteiger partial charge >= 0.3 is 0 Å². The quantitative estimate of drug-likeness (QED) is 0.615. The Morgan fingerprint density at radius 3 is 2.64 bits per heavy atom. The van der Waals surface area contributed by atoms with Gasteiger partial charge in [-0.05, 0) is 6.92 Å². The number of aromatic nitrogens is 3. The molecule has 0 radical (unpaired) electrons. The van der Waals surface area contributed by atoms with Gasteiger partial charge in [0.1, 0.15) is 12.1 Å². The minimum atomic E-state index is 0.682. The lowest BCUT2D eigenvalue weighted by molar-refractivity contribution is 0.309. The van der Waals surface area contributed by atoms with Crippen LogP contribution in [0.3, 0.4) is 0 Å². The summed E-state index contributed by atoms with van der Waals surface area (Å²) in [5.41, 5.74) is 0.710. The van der Waals surface area contributed by atoms with Gasteiger partial charge in [0.15, 0.2) is 5.82 Å². The smallest absolute Gasteiger partial charge is 0.166 e. The first-order valence-electron chi connectivity index (χ1n) is 4.02. The molecule has 1 rings (SSSR count). The van der Waals surface area contributed by atoms with Crippen LogP contribution in [-0.4, -0.2) is 21.9 Å². The summed E-state index contributed by atoms with van der Waals surface area (Å²) in [5.74, 6) is 1.38. The molecular formula is C9H12BrN3O. The topological polar surface area (TPSA) is 39.9 Å². The van der Waals surface area contributed by atoms with Crippen molar-refractivity contribution in [2.75, 3.05) is 7.11 Å². The average Bonchev–Trinajstić information content (AvgIpc) is 2.51. The number of nitrogens with zero attached hydrogens (tertiary/aromatic N) is 3. The second kappa shape index (κ2) is 4.41. The van der Waals surface area contributed by atoms with Crippen molar-refractivity contribution in [1.82, 2.24) is 14.8 Å². The highest BCUT2D eigenvalue weighted by molar-refractivity contribution is 9.11. The monoisotopic (exact) mass is 257 g/mol. The van der Waals surface area contributed by atoms with Crippen molar-refractivity contribution in [1.29, 1.82) is 0 Å². The molecule has 0 N–H and O–H groups in total. The van der Waals surface area contributed by atoms with E-state index in [9.17, 15) is 0 Å². The first-order chi connectivity index (χ1) is 6.57. The number of halogens is 1. The standard InChI is InChI=1S/C9H12BrN3O/c1-6(8(14-4)7(2)10)9-12-11-5-13(9)3/h5H,1H2,2-4H3/b8-7-. The van der Waals surface area contributed by atoms with E-state index in [1.54, 1.807) is 18.0 Å². The summed E-state index contributed by atoms with van der Waals surface area (Å²) in [7, 11) is 3.46. The van der Waals surface area contributed by atoms with Gasteiger partial charge in [0.2, 0.25) is 0 Å². The highest BCUT2D eigenvalue weighted by Gasteiger charge is 2.12. The first-order valence-corrected chi connectivity index (χ1v) is 4.81. The number of ether oxygens (including phenoxy) is 1. The van der Waals surface area contributed by atoms with Gasteiger partial charge in [-0.15, -0.1) is 10.2 Å². The summed E-state index contributed by atoms with van der Waals surface area (Å²) in [6.07, 6.45) is 1.62. The van der Waals surface area contributed by atoms with Crippen molar-refractivity contribution in [3.63, 3.8) is 0 Å². The zero-order valence-corrected chi connectivity index (χ0v) is 10.00. The Hall–Kier alpha value is -1.10. The highest BCUT2D eigenvalue weighted by atomic mass is 79.9. The summed E-state index contributed by atoms with van der Waals surface area (Å²) >= 11 is 3.35. The molecule has 0 aliphatic carbocycles. The highest BCUT2D eigenvalue weighted by Crippen LogP contribution is 2.24. The summed E-state index contributed by atoms with van der Waals surface area (Å²) in [4.78, 5) is 0. The molecule has 0 bridgehead atoms. The van der Waals surface area contributed by atoms with E-state index in [0.29, 0.717) is 17.2 Å². The molecule has 0 saturated carbocycles. The van der Waals surface area contributed by atoms with Gasteiger partial charge in [-0.1, -0.05) is 22.5 Å². The third-order valence-corrected chi connectivity index (χ3v) is 2.13. The zero-order chi connectivity index (χ0) is 10.7. The Labute approximate surface area is 91.4 Å². The molecule has 1 aromatic heterocycles. The van der Waals surface area contributed by atoms with E-state index in [1.807, 2.05) is 14.0 Å². The summed E-state index contributed by atoms with van der Waals surface area (Å²) in [5, 5.41) is 7.72. The van der Waals surface area contributed by atoms with Crippen LogP contribution < -0.4 is 0 Å². The Morgan fingerprint density at radius 2 is 2.29 bits per heavy atom. The molecule has 0 atom stereocenters. The molecule has 76 valence electrons. The number of methoxy groups -OCH3 is 1. The normalized spacial score (nSPS) is 12.3. The molecule has 0 saturated heterocycles. The van der Waals surface area contributed by atoms with Gasteiger partial charge < -0.3 is 9.30 Å². The molecule has 0 aromatic carbocycles. The number of rotatable bonds is 3. The average molecular weight is 258 g/mol. The number of hydrogen-bond acceptors (Lipinski definition) is 3. The van der Waals surface area contributed by atoms with Crippen LogP contribution >= 0.6 is 15.9 Å². The van der Waals surface area contributed by atoms with Crippen LogP contribution in [0.25, 0.3) is 5.57 Å². The van der Waals surface area contributed by atoms with Gasteiger partial charge in [0.05, 0.1) is 12.7 Å².